The average Bonchev–Trinajstić information content (AvgIpc) is 2.35. The van der Waals surface area contributed by atoms with Crippen LogP contribution in [0.5, 0.6) is 0 Å². The smallest absolute Gasteiger partial charge is 0.194 e. The quantitative estimate of drug-likeness (QED) is 0.676. The fourth-order valence-electron chi connectivity index (χ4n) is 1.56. The predicted octanol–water partition coefficient (Wildman–Crippen LogP) is 5.30. The third kappa shape index (κ3) is 2.77. The highest BCUT2D eigenvalue weighted by Gasteiger charge is 2.14. The normalized spacial score (nSPS) is 10.4. The number of carbonyl (C=O) groups is 1. The molecule has 0 bridgehead atoms. The third-order valence-corrected chi connectivity index (χ3v) is 3.94. The molecule has 0 atom stereocenters. The van der Waals surface area contributed by atoms with E-state index in [1.165, 1.54) is 0 Å². The molecule has 0 aliphatic rings. The van der Waals surface area contributed by atoms with Crippen LogP contribution in [0.2, 0.25) is 10.0 Å². The first-order chi connectivity index (χ1) is 8.49. The van der Waals surface area contributed by atoms with E-state index >= 15 is 0 Å². The van der Waals surface area contributed by atoms with Crippen LogP contribution in [-0.4, -0.2) is 5.78 Å². The van der Waals surface area contributed by atoms with Crippen molar-refractivity contribution in [3.05, 3.63) is 67.6 Å². The molecular weight excluding hydrogens is 335 g/mol. The van der Waals surface area contributed by atoms with Gasteiger partial charge in [0.1, 0.15) is 0 Å². The first-order valence-electron chi connectivity index (χ1n) is 5.25. The van der Waals surface area contributed by atoms with Gasteiger partial charge in [0.05, 0.1) is 0 Å². The molecular formula is C14H9BrCl2O. The van der Waals surface area contributed by atoms with Crippen molar-refractivity contribution in [1.29, 1.82) is 0 Å². The maximum Gasteiger partial charge on any atom is 0.194 e. The Hall–Kier alpha value is -0.830. The van der Waals surface area contributed by atoms with Crippen LogP contribution >= 0.6 is 39.1 Å². The van der Waals surface area contributed by atoms with E-state index in [2.05, 4.69) is 15.9 Å². The lowest BCUT2D eigenvalue weighted by Crippen LogP contribution is -2.02. The first kappa shape index (κ1) is 13.6. The van der Waals surface area contributed by atoms with E-state index in [-0.39, 0.29) is 5.78 Å². The lowest BCUT2D eigenvalue weighted by Gasteiger charge is -2.06. The minimum Gasteiger partial charge on any atom is -0.289 e. The molecule has 18 heavy (non-hydrogen) atoms. The van der Waals surface area contributed by atoms with E-state index in [9.17, 15) is 4.79 Å². The monoisotopic (exact) mass is 342 g/mol. The van der Waals surface area contributed by atoms with Gasteiger partial charge in [-0.15, -0.1) is 0 Å². The summed E-state index contributed by atoms with van der Waals surface area (Å²) in [7, 11) is 0. The Labute approximate surface area is 124 Å². The van der Waals surface area contributed by atoms with Gasteiger partial charge < -0.3 is 0 Å². The summed E-state index contributed by atoms with van der Waals surface area (Å²) in [6.45, 7) is 1.89. The molecule has 0 saturated heterocycles. The van der Waals surface area contributed by atoms with Gasteiger partial charge in [-0.05, 0) is 36.8 Å². The lowest BCUT2D eigenvalue weighted by atomic mass is 10.0. The Morgan fingerprint density at radius 2 is 1.83 bits per heavy atom. The van der Waals surface area contributed by atoms with E-state index in [1.54, 1.807) is 30.3 Å². The first-order valence-corrected chi connectivity index (χ1v) is 6.80. The lowest BCUT2D eigenvalue weighted by molar-refractivity contribution is 0.103. The molecule has 4 heteroatoms. The Morgan fingerprint density at radius 1 is 1.11 bits per heavy atom. The molecule has 0 saturated carbocycles. The van der Waals surface area contributed by atoms with Gasteiger partial charge >= 0.3 is 0 Å². The largest absolute Gasteiger partial charge is 0.289 e. The van der Waals surface area contributed by atoms with E-state index < -0.39 is 0 Å². The second-order valence-electron chi connectivity index (χ2n) is 3.92. The summed E-state index contributed by atoms with van der Waals surface area (Å²) in [6.07, 6.45) is 0. The molecule has 2 rings (SSSR count). The molecule has 2 aromatic rings. The summed E-state index contributed by atoms with van der Waals surface area (Å²) in [4.78, 5) is 12.3. The molecule has 0 aromatic heterocycles. The number of hydrogen-bond acceptors (Lipinski definition) is 1. The molecule has 0 aliphatic heterocycles. The van der Waals surface area contributed by atoms with Crippen LogP contribution in [0.4, 0.5) is 0 Å². The summed E-state index contributed by atoms with van der Waals surface area (Å²) in [5.41, 5.74) is 2.02. The van der Waals surface area contributed by atoms with Gasteiger partial charge in [0, 0.05) is 25.6 Å². The minimum absolute atomic E-state index is 0.105. The molecule has 0 aliphatic carbocycles. The number of carbonyl (C=O) groups excluding carboxylic acids is 1. The van der Waals surface area contributed by atoms with E-state index in [0.29, 0.717) is 25.6 Å². The average molecular weight is 344 g/mol. The van der Waals surface area contributed by atoms with Gasteiger partial charge in [0.25, 0.3) is 0 Å². The molecule has 0 N–H and O–H groups in total. The standard InChI is InChI=1S/C14H9BrCl2O/c1-8-2-3-9(6-13(8)17)14(18)11-7-10(16)4-5-12(11)15/h2-7H,1H3. The molecule has 0 radical (unpaired) electrons. The van der Waals surface area contributed by atoms with E-state index in [0.717, 1.165) is 5.56 Å². The van der Waals surface area contributed by atoms with Crippen molar-refractivity contribution in [2.45, 2.75) is 6.92 Å². The SMILES string of the molecule is Cc1ccc(C(=O)c2cc(Cl)ccc2Br)cc1Cl. The summed E-state index contributed by atoms with van der Waals surface area (Å²) in [5.74, 6) is -0.105. The number of ketones is 1. The molecule has 0 fully saturated rings. The summed E-state index contributed by atoms with van der Waals surface area (Å²) >= 11 is 15.3. The van der Waals surface area contributed by atoms with Crippen molar-refractivity contribution in [2.24, 2.45) is 0 Å². The van der Waals surface area contributed by atoms with Gasteiger partial charge in [-0.1, -0.05) is 51.3 Å². The van der Waals surface area contributed by atoms with Crippen LogP contribution in [0.15, 0.2) is 40.9 Å². The fraction of sp³-hybridized carbons (Fsp3) is 0.0714. The number of rotatable bonds is 2. The Bertz CT molecular complexity index is 623. The van der Waals surface area contributed by atoms with Gasteiger partial charge in [-0.25, -0.2) is 0 Å². The zero-order chi connectivity index (χ0) is 13.3. The number of halogens is 3. The number of hydrogen-bond donors (Lipinski definition) is 0. The second-order valence-corrected chi connectivity index (χ2v) is 5.62. The zero-order valence-electron chi connectivity index (χ0n) is 9.51. The van der Waals surface area contributed by atoms with Crippen molar-refractivity contribution in [1.82, 2.24) is 0 Å². The highest BCUT2D eigenvalue weighted by molar-refractivity contribution is 9.10. The number of benzene rings is 2. The van der Waals surface area contributed by atoms with Gasteiger partial charge in [-0.3, -0.25) is 4.79 Å². The van der Waals surface area contributed by atoms with Gasteiger partial charge in [0.2, 0.25) is 0 Å². The molecule has 1 nitrogen and oxygen atoms in total. The molecule has 92 valence electrons. The highest BCUT2D eigenvalue weighted by atomic mass is 79.9. The highest BCUT2D eigenvalue weighted by Crippen LogP contribution is 2.25. The van der Waals surface area contributed by atoms with Crippen LogP contribution in [0.1, 0.15) is 21.5 Å². The summed E-state index contributed by atoms with van der Waals surface area (Å²) in [5, 5.41) is 1.11. The fourth-order valence-corrected chi connectivity index (χ4v) is 2.34. The third-order valence-electron chi connectivity index (χ3n) is 2.61. The summed E-state index contributed by atoms with van der Waals surface area (Å²) in [6, 6.07) is 10.4. The van der Waals surface area contributed by atoms with Gasteiger partial charge in [-0.2, -0.15) is 0 Å². The maximum absolute atomic E-state index is 12.3. The topological polar surface area (TPSA) is 17.1 Å². The van der Waals surface area contributed by atoms with Crippen molar-refractivity contribution in [2.75, 3.05) is 0 Å². The predicted molar refractivity (Wildman–Crippen MR) is 78.8 cm³/mol. The molecule has 0 spiro atoms. The molecule has 0 amide bonds. The van der Waals surface area contributed by atoms with E-state index in [1.807, 2.05) is 13.0 Å². The number of aryl methyl sites for hydroxylation is 1. The molecule has 2 aromatic carbocycles. The van der Waals surface area contributed by atoms with Crippen LogP contribution in [0.25, 0.3) is 0 Å². The second kappa shape index (κ2) is 5.43. The van der Waals surface area contributed by atoms with Crippen molar-refractivity contribution < 1.29 is 4.79 Å². The molecule has 0 heterocycles. The van der Waals surface area contributed by atoms with Crippen molar-refractivity contribution in [3.63, 3.8) is 0 Å². The summed E-state index contributed by atoms with van der Waals surface area (Å²) < 4.78 is 0.716. The maximum atomic E-state index is 12.3. The van der Waals surface area contributed by atoms with Gasteiger partial charge in [0.15, 0.2) is 5.78 Å². The Morgan fingerprint density at radius 3 is 2.50 bits per heavy atom. The Kier molecular flexibility index (Phi) is 4.10. The van der Waals surface area contributed by atoms with Crippen LogP contribution < -0.4 is 0 Å². The van der Waals surface area contributed by atoms with Crippen LogP contribution in [0.3, 0.4) is 0 Å². The van der Waals surface area contributed by atoms with E-state index in [4.69, 9.17) is 23.2 Å². The van der Waals surface area contributed by atoms with Crippen LogP contribution in [0, 0.1) is 6.92 Å². The minimum atomic E-state index is -0.105. The van der Waals surface area contributed by atoms with Crippen molar-refractivity contribution in [3.8, 4) is 0 Å². The zero-order valence-corrected chi connectivity index (χ0v) is 12.6. The van der Waals surface area contributed by atoms with Crippen molar-refractivity contribution >= 4 is 44.9 Å². The Balaban J connectivity index is 2.47. The van der Waals surface area contributed by atoms with Crippen LogP contribution in [-0.2, 0) is 0 Å². The molecule has 0 unspecified atom stereocenters.